The van der Waals surface area contributed by atoms with E-state index in [4.69, 9.17) is 5.73 Å². The van der Waals surface area contributed by atoms with E-state index in [9.17, 15) is 4.79 Å². The molecule has 0 aliphatic carbocycles. The summed E-state index contributed by atoms with van der Waals surface area (Å²) in [6, 6.07) is 7.61. The second-order valence-corrected chi connectivity index (χ2v) is 4.73. The van der Waals surface area contributed by atoms with Crippen molar-refractivity contribution in [2.45, 2.75) is 33.6 Å². The van der Waals surface area contributed by atoms with Crippen LogP contribution in [0.4, 0.5) is 11.4 Å². The van der Waals surface area contributed by atoms with E-state index < -0.39 is 0 Å². The van der Waals surface area contributed by atoms with Gasteiger partial charge in [0.2, 0.25) is 0 Å². The highest BCUT2D eigenvalue weighted by atomic mass is 16.1. The van der Waals surface area contributed by atoms with Crippen LogP contribution in [0.3, 0.4) is 0 Å². The molecule has 0 aliphatic heterocycles. The number of nitrogens with two attached hydrogens (primary N) is 1. The molecule has 0 aliphatic rings. The van der Waals surface area contributed by atoms with E-state index in [0.717, 1.165) is 30.5 Å². The third kappa shape index (κ3) is 7.39. The fourth-order valence-electron chi connectivity index (χ4n) is 1.35. The van der Waals surface area contributed by atoms with Crippen LogP contribution in [0.5, 0.6) is 0 Å². The molecule has 0 bridgehead atoms. The van der Waals surface area contributed by atoms with E-state index in [-0.39, 0.29) is 5.41 Å². The van der Waals surface area contributed by atoms with Gasteiger partial charge in [0, 0.05) is 23.8 Å². The normalized spacial score (nSPS) is 10.1. The van der Waals surface area contributed by atoms with Gasteiger partial charge in [-0.15, -0.1) is 0 Å². The molecule has 3 N–H and O–H groups in total. The first-order chi connectivity index (χ1) is 7.95. The van der Waals surface area contributed by atoms with Crippen molar-refractivity contribution in [2.24, 2.45) is 5.41 Å². The second-order valence-electron chi connectivity index (χ2n) is 4.73. The predicted octanol–water partition coefficient (Wildman–Crippen LogP) is 3.32. The molecule has 0 atom stereocenters. The van der Waals surface area contributed by atoms with E-state index in [0.29, 0.717) is 0 Å². The largest absolute Gasteiger partial charge is 0.399 e. The zero-order chi connectivity index (χ0) is 13.3. The van der Waals surface area contributed by atoms with Gasteiger partial charge in [0.25, 0.3) is 0 Å². The minimum atomic E-state index is -0.0885. The Hall–Kier alpha value is -1.51. The molecule has 1 aromatic rings. The first-order valence-electron chi connectivity index (χ1n) is 5.95. The molecule has 0 saturated heterocycles. The van der Waals surface area contributed by atoms with E-state index >= 15 is 0 Å². The van der Waals surface area contributed by atoms with Crippen LogP contribution in [0.2, 0.25) is 0 Å². The molecular weight excluding hydrogens is 212 g/mol. The molecule has 0 fully saturated rings. The van der Waals surface area contributed by atoms with Gasteiger partial charge in [-0.05, 0) is 30.7 Å². The van der Waals surface area contributed by atoms with Gasteiger partial charge < -0.3 is 15.8 Å². The van der Waals surface area contributed by atoms with Crippen LogP contribution < -0.4 is 11.1 Å². The lowest BCUT2D eigenvalue weighted by Gasteiger charge is -2.13. The number of benzene rings is 1. The third-order valence-electron chi connectivity index (χ3n) is 2.41. The van der Waals surface area contributed by atoms with Crippen molar-refractivity contribution in [3.63, 3.8) is 0 Å². The molecule has 3 heteroatoms. The Balaban J connectivity index is 0.000000304. The summed E-state index contributed by atoms with van der Waals surface area (Å²) in [5.74, 6) is 0. The van der Waals surface area contributed by atoms with E-state index in [1.165, 1.54) is 0 Å². The summed E-state index contributed by atoms with van der Waals surface area (Å²) in [7, 11) is 1.88. The summed E-state index contributed by atoms with van der Waals surface area (Å²) in [5, 5.41) is 3.00. The number of nitrogens with one attached hydrogen (secondary N) is 1. The first-order valence-corrected chi connectivity index (χ1v) is 5.95. The van der Waals surface area contributed by atoms with Crippen LogP contribution in [0.25, 0.3) is 0 Å². The molecule has 1 aromatic carbocycles. The van der Waals surface area contributed by atoms with Crippen LogP contribution in [0.15, 0.2) is 24.3 Å². The van der Waals surface area contributed by atoms with Gasteiger partial charge in [0.1, 0.15) is 6.29 Å². The molecule has 0 spiro atoms. The molecule has 17 heavy (non-hydrogen) atoms. The fourth-order valence-corrected chi connectivity index (χ4v) is 1.35. The Bertz CT molecular complexity index is 317. The van der Waals surface area contributed by atoms with Crippen molar-refractivity contribution in [1.29, 1.82) is 0 Å². The van der Waals surface area contributed by atoms with Gasteiger partial charge in [0.05, 0.1) is 0 Å². The molecule has 0 aromatic heterocycles. The van der Waals surface area contributed by atoms with Gasteiger partial charge in [-0.1, -0.05) is 27.2 Å². The molecule has 96 valence electrons. The number of anilines is 2. The maximum atomic E-state index is 10.2. The number of aldehydes is 1. The van der Waals surface area contributed by atoms with Gasteiger partial charge >= 0.3 is 0 Å². The highest BCUT2D eigenvalue weighted by Gasteiger charge is 2.13. The van der Waals surface area contributed by atoms with E-state index in [1.807, 2.05) is 45.2 Å². The summed E-state index contributed by atoms with van der Waals surface area (Å²) in [6.45, 7) is 6.01. The maximum absolute atomic E-state index is 10.2. The van der Waals surface area contributed by atoms with Gasteiger partial charge in [0.15, 0.2) is 0 Å². The summed E-state index contributed by atoms with van der Waals surface area (Å²) in [6.07, 6.45) is 3.11. The van der Waals surface area contributed by atoms with Crippen LogP contribution in [-0.4, -0.2) is 13.3 Å². The Morgan fingerprint density at radius 1 is 1.29 bits per heavy atom. The number of carbonyl (C=O) groups is 1. The zero-order valence-electron chi connectivity index (χ0n) is 11.3. The average molecular weight is 236 g/mol. The quantitative estimate of drug-likeness (QED) is 0.623. The maximum Gasteiger partial charge on any atom is 0.125 e. The minimum absolute atomic E-state index is 0.0885. The molecule has 0 heterocycles. The van der Waals surface area contributed by atoms with Crippen molar-refractivity contribution >= 4 is 17.7 Å². The number of hydrogen-bond acceptors (Lipinski definition) is 3. The Morgan fingerprint density at radius 2 is 1.82 bits per heavy atom. The lowest BCUT2D eigenvalue weighted by atomic mass is 9.90. The van der Waals surface area contributed by atoms with Gasteiger partial charge in [-0.3, -0.25) is 0 Å². The SMILES string of the molecule is CCCC(C)(C)C=O.CNc1ccc(N)cc1. The Labute approximate surface area is 104 Å². The number of rotatable bonds is 4. The number of nitrogen functional groups attached to an aromatic ring is 1. The summed E-state index contributed by atoms with van der Waals surface area (Å²) < 4.78 is 0. The Morgan fingerprint density at radius 3 is 2.12 bits per heavy atom. The highest BCUT2D eigenvalue weighted by molar-refractivity contribution is 5.57. The lowest BCUT2D eigenvalue weighted by Crippen LogP contribution is -2.11. The standard InChI is InChI=1S/C7H10N2.C7H14O/c1-9-7-4-2-6(8)3-5-7;1-4-5-7(2,3)6-8/h2-5,9H,8H2,1H3;6H,4-5H2,1-3H3. The second kappa shape index (κ2) is 7.71. The minimum Gasteiger partial charge on any atom is -0.399 e. The lowest BCUT2D eigenvalue weighted by molar-refractivity contribution is -0.115. The van der Waals surface area contributed by atoms with Crippen molar-refractivity contribution in [1.82, 2.24) is 0 Å². The molecule has 3 nitrogen and oxygen atoms in total. The number of hydrogen-bond donors (Lipinski definition) is 2. The van der Waals surface area contributed by atoms with Crippen LogP contribution in [-0.2, 0) is 4.79 Å². The number of carbonyl (C=O) groups excluding carboxylic acids is 1. The summed E-state index contributed by atoms with van der Waals surface area (Å²) >= 11 is 0. The first kappa shape index (κ1) is 15.5. The van der Waals surface area contributed by atoms with Crippen LogP contribution in [0, 0.1) is 5.41 Å². The molecule has 0 amide bonds. The van der Waals surface area contributed by atoms with Gasteiger partial charge in [-0.25, -0.2) is 0 Å². The smallest absolute Gasteiger partial charge is 0.125 e. The highest BCUT2D eigenvalue weighted by Crippen LogP contribution is 2.17. The topological polar surface area (TPSA) is 55.1 Å². The Kier molecular flexibility index (Phi) is 7.03. The zero-order valence-corrected chi connectivity index (χ0v) is 11.3. The van der Waals surface area contributed by atoms with Crippen molar-refractivity contribution < 1.29 is 4.79 Å². The van der Waals surface area contributed by atoms with Crippen molar-refractivity contribution in [3.05, 3.63) is 24.3 Å². The predicted molar refractivity (Wildman–Crippen MR) is 75.2 cm³/mol. The van der Waals surface area contributed by atoms with E-state index in [1.54, 1.807) is 0 Å². The fraction of sp³-hybridized carbons (Fsp3) is 0.500. The summed E-state index contributed by atoms with van der Waals surface area (Å²) in [5.41, 5.74) is 7.25. The van der Waals surface area contributed by atoms with Crippen LogP contribution >= 0.6 is 0 Å². The molecule has 1 rings (SSSR count). The van der Waals surface area contributed by atoms with Crippen LogP contribution in [0.1, 0.15) is 33.6 Å². The third-order valence-corrected chi connectivity index (χ3v) is 2.41. The van der Waals surface area contributed by atoms with Crippen molar-refractivity contribution in [3.8, 4) is 0 Å². The molecular formula is C14H24N2O. The average Bonchev–Trinajstić information content (AvgIpc) is 2.31. The molecule has 0 radical (unpaired) electrons. The van der Waals surface area contributed by atoms with Gasteiger partial charge in [-0.2, -0.15) is 0 Å². The molecule has 0 saturated carbocycles. The monoisotopic (exact) mass is 236 g/mol. The van der Waals surface area contributed by atoms with Crippen molar-refractivity contribution in [2.75, 3.05) is 18.1 Å². The van der Waals surface area contributed by atoms with E-state index in [2.05, 4.69) is 12.2 Å². The summed E-state index contributed by atoms with van der Waals surface area (Å²) in [4.78, 5) is 10.2. The molecule has 0 unspecified atom stereocenters.